The van der Waals surface area contributed by atoms with Crippen LogP contribution < -0.4 is 5.32 Å². The van der Waals surface area contributed by atoms with E-state index in [1.54, 1.807) is 6.08 Å². The number of rotatable bonds is 51. The Morgan fingerprint density at radius 3 is 1.19 bits per heavy atom. The predicted molar refractivity (Wildman–Crippen MR) is 269 cm³/mol. The van der Waals surface area contributed by atoms with Gasteiger partial charge in [0.1, 0.15) is 0 Å². The summed E-state index contributed by atoms with van der Waals surface area (Å²) in [6, 6.07) is -0.634. The van der Waals surface area contributed by atoms with Gasteiger partial charge in [-0.25, -0.2) is 0 Å². The van der Waals surface area contributed by atoms with Gasteiger partial charge < -0.3 is 20.3 Å². The molecule has 0 radical (unpaired) electrons. The minimum atomic E-state index is -0.850. The zero-order chi connectivity index (χ0) is 45.1. The maximum absolute atomic E-state index is 12.5. The van der Waals surface area contributed by atoms with Crippen molar-refractivity contribution in [2.24, 2.45) is 0 Å². The highest BCUT2D eigenvalue weighted by atomic mass is 16.5. The van der Waals surface area contributed by atoms with Crippen LogP contribution in [0.4, 0.5) is 0 Å². The standard InChI is InChI=1S/C56H107NO5/c1-3-5-7-9-11-13-15-16-17-18-19-20-22-25-29-32-36-40-44-48-54(59)53(52-58)57-55(60)49-45-41-37-33-30-26-23-21-24-27-31-35-39-43-47-51-62-56(61)50-46-42-38-34-28-14-12-10-8-6-4-2/h10,12,44,48,53-54,58-59H,3-9,11,13-43,45-47,49-52H2,1-2H3,(H,57,60)/b12-10-,48-44+. The number of nitrogens with one attached hydrogen (secondary N) is 1. The molecular formula is C56H107NO5. The number of amides is 1. The quantitative estimate of drug-likeness (QED) is 0.0321. The summed E-state index contributed by atoms with van der Waals surface area (Å²) in [5.41, 5.74) is 0. The maximum atomic E-state index is 12.5. The van der Waals surface area contributed by atoms with Gasteiger partial charge >= 0.3 is 5.97 Å². The van der Waals surface area contributed by atoms with Crippen molar-refractivity contribution in [3.05, 3.63) is 24.3 Å². The molecule has 0 spiro atoms. The molecule has 0 aromatic heterocycles. The van der Waals surface area contributed by atoms with Crippen LogP contribution in [0.3, 0.4) is 0 Å². The third-order valence-electron chi connectivity index (χ3n) is 12.7. The van der Waals surface area contributed by atoms with Gasteiger partial charge in [-0.2, -0.15) is 0 Å². The Hall–Kier alpha value is -1.66. The Labute approximate surface area is 386 Å². The number of allylic oxidation sites excluding steroid dienone is 3. The van der Waals surface area contributed by atoms with E-state index in [2.05, 4.69) is 31.3 Å². The topological polar surface area (TPSA) is 95.9 Å². The third-order valence-corrected chi connectivity index (χ3v) is 12.7. The van der Waals surface area contributed by atoms with E-state index in [9.17, 15) is 19.8 Å². The molecule has 0 saturated heterocycles. The first-order chi connectivity index (χ1) is 30.5. The molecule has 0 rings (SSSR count). The summed E-state index contributed by atoms with van der Waals surface area (Å²) in [7, 11) is 0. The molecule has 0 aliphatic heterocycles. The highest BCUT2D eigenvalue weighted by molar-refractivity contribution is 5.76. The first kappa shape index (κ1) is 60.3. The van der Waals surface area contributed by atoms with Crippen LogP contribution in [0.5, 0.6) is 0 Å². The molecule has 0 fully saturated rings. The molecule has 0 aromatic carbocycles. The van der Waals surface area contributed by atoms with Gasteiger partial charge in [0.05, 0.1) is 25.4 Å². The van der Waals surface area contributed by atoms with E-state index in [1.807, 2.05) is 6.08 Å². The van der Waals surface area contributed by atoms with Crippen molar-refractivity contribution in [3.63, 3.8) is 0 Å². The van der Waals surface area contributed by atoms with Crippen molar-refractivity contribution >= 4 is 11.9 Å². The van der Waals surface area contributed by atoms with E-state index < -0.39 is 12.1 Å². The molecule has 0 aliphatic carbocycles. The zero-order valence-electron chi connectivity index (χ0n) is 41.6. The van der Waals surface area contributed by atoms with Gasteiger partial charge in [0.25, 0.3) is 0 Å². The van der Waals surface area contributed by atoms with Crippen molar-refractivity contribution in [1.29, 1.82) is 0 Å². The van der Waals surface area contributed by atoms with Crippen LogP contribution in [-0.2, 0) is 14.3 Å². The molecule has 1 amide bonds. The molecular weight excluding hydrogens is 767 g/mol. The summed E-state index contributed by atoms with van der Waals surface area (Å²) >= 11 is 0. The fraction of sp³-hybridized carbons (Fsp3) is 0.893. The normalized spacial score (nSPS) is 12.8. The lowest BCUT2D eigenvalue weighted by atomic mass is 10.0. The summed E-state index contributed by atoms with van der Waals surface area (Å²) < 4.78 is 5.44. The van der Waals surface area contributed by atoms with Crippen LogP contribution in [-0.4, -0.2) is 47.4 Å². The molecule has 2 atom stereocenters. The van der Waals surface area contributed by atoms with Gasteiger partial charge in [0, 0.05) is 12.8 Å². The largest absolute Gasteiger partial charge is 0.466 e. The van der Waals surface area contributed by atoms with Gasteiger partial charge in [-0.15, -0.1) is 0 Å². The van der Waals surface area contributed by atoms with E-state index in [0.717, 1.165) is 51.4 Å². The second kappa shape index (κ2) is 52.0. The minimum Gasteiger partial charge on any atom is -0.466 e. The fourth-order valence-corrected chi connectivity index (χ4v) is 8.44. The first-order valence-corrected chi connectivity index (χ1v) is 27.6. The van der Waals surface area contributed by atoms with Crippen LogP contribution in [0.2, 0.25) is 0 Å². The van der Waals surface area contributed by atoms with Crippen molar-refractivity contribution in [2.45, 2.75) is 309 Å². The van der Waals surface area contributed by atoms with Crippen molar-refractivity contribution in [1.82, 2.24) is 5.32 Å². The number of aliphatic hydroxyl groups is 2. The Morgan fingerprint density at radius 1 is 0.435 bits per heavy atom. The first-order valence-electron chi connectivity index (χ1n) is 27.6. The van der Waals surface area contributed by atoms with Gasteiger partial charge in [-0.05, 0) is 51.4 Å². The predicted octanol–water partition coefficient (Wildman–Crippen LogP) is 16.7. The molecule has 0 saturated carbocycles. The van der Waals surface area contributed by atoms with Crippen LogP contribution in [0.15, 0.2) is 24.3 Å². The molecule has 0 bridgehead atoms. The zero-order valence-corrected chi connectivity index (χ0v) is 41.6. The molecule has 366 valence electrons. The second-order valence-corrected chi connectivity index (χ2v) is 18.9. The van der Waals surface area contributed by atoms with Crippen LogP contribution in [0, 0.1) is 0 Å². The van der Waals surface area contributed by atoms with Gasteiger partial charge in [0.15, 0.2) is 0 Å². The van der Waals surface area contributed by atoms with E-state index in [-0.39, 0.29) is 18.5 Å². The number of carbonyl (C=O) groups excluding carboxylic acids is 2. The maximum Gasteiger partial charge on any atom is 0.305 e. The monoisotopic (exact) mass is 874 g/mol. The number of ether oxygens (including phenoxy) is 1. The number of hydrogen-bond donors (Lipinski definition) is 3. The minimum absolute atomic E-state index is 0.0114. The lowest BCUT2D eigenvalue weighted by Crippen LogP contribution is -2.45. The summed E-state index contributed by atoms with van der Waals surface area (Å²) in [4.78, 5) is 24.4. The van der Waals surface area contributed by atoms with Gasteiger partial charge in [0.2, 0.25) is 5.91 Å². The number of carbonyl (C=O) groups is 2. The molecule has 6 nitrogen and oxygen atoms in total. The lowest BCUT2D eigenvalue weighted by Gasteiger charge is -2.20. The van der Waals surface area contributed by atoms with Gasteiger partial charge in [-0.3, -0.25) is 9.59 Å². The smallest absolute Gasteiger partial charge is 0.305 e. The molecule has 2 unspecified atom stereocenters. The molecule has 62 heavy (non-hydrogen) atoms. The Kier molecular flexibility index (Phi) is 50.6. The summed E-state index contributed by atoms with van der Waals surface area (Å²) in [5.74, 6) is -0.0864. The summed E-state index contributed by atoms with van der Waals surface area (Å²) in [6.45, 7) is 4.86. The van der Waals surface area contributed by atoms with Crippen molar-refractivity contribution in [3.8, 4) is 0 Å². The fourth-order valence-electron chi connectivity index (χ4n) is 8.44. The number of unbranched alkanes of at least 4 members (excludes halogenated alkanes) is 38. The molecule has 6 heteroatoms. The molecule has 0 aliphatic rings. The number of esters is 1. The molecule has 3 N–H and O–H groups in total. The number of aliphatic hydroxyl groups excluding tert-OH is 2. The lowest BCUT2D eigenvalue weighted by molar-refractivity contribution is -0.143. The van der Waals surface area contributed by atoms with Gasteiger partial charge in [-0.1, -0.05) is 256 Å². The molecule has 0 aromatic rings. The van der Waals surface area contributed by atoms with Crippen LogP contribution in [0.25, 0.3) is 0 Å². The highest BCUT2D eigenvalue weighted by Gasteiger charge is 2.18. The summed E-state index contributed by atoms with van der Waals surface area (Å²) in [5, 5.41) is 23.1. The van der Waals surface area contributed by atoms with Crippen molar-refractivity contribution < 1.29 is 24.5 Å². The van der Waals surface area contributed by atoms with Crippen LogP contribution >= 0.6 is 0 Å². The third kappa shape index (κ3) is 47.8. The molecule has 0 heterocycles. The average Bonchev–Trinajstić information content (AvgIpc) is 3.27. The van der Waals surface area contributed by atoms with E-state index >= 15 is 0 Å². The SMILES string of the molecule is CCCC/C=C\CCCCCCCC(=O)OCCCCCCCCCCCCCCCCCC(=O)NC(CO)C(O)/C=C/CCCCCCCCCCCCCCCCCCC. The Bertz CT molecular complexity index is 966. The summed E-state index contributed by atoms with van der Waals surface area (Å²) in [6.07, 6.45) is 61.8. The average molecular weight is 874 g/mol. The van der Waals surface area contributed by atoms with Crippen molar-refractivity contribution in [2.75, 3.05) is 13.2 Å². The Morgan fingerprint density at radius 2 is 0.774 bits per heavy atom. The van der Waals surface area contributed by atoms with E-state index in [0.29, 0.717) is 19.4 Å². The Balaban J connectivity index is 3.48. The highest BCUT2D eigenvalue weighted by Crippen LogP contribution is 2.17. The van der Waals surface area contributed by atoms with E-state index in [4.69, 9.17) is 4.74 Å². The second-order valence-electron chi connectivity index (χ2n) is 18.9. The van der Waals surface area contributed by atoms with E-state index in [1.165, 1.54) is 218 Å². The van der Waals surface area contributed by atoms with Crippen LogP contribution in [0.1, 0.15) is 296 Å². The number of hydrogen-bond acceptors (Lipinski definition) is 5.